The fourth-order valence-electron chi connectivity index (χ4n) is 5.79. The van der Waals surface area contributed by atoms with E-state index in [-0.39, 0.29) is 26.2 Å². The van der Waals surface area contributed by atoms with E-state index < -0.39 is 32.1 Å². The minimum Gasteiger partial charge on any atom is -0.457 e. The number of likely N-dealkylation sites (N-methyl/N-ethyl adjacent to an activating group) is 1. The summed E-state index contributed by atoms with van der Waals surface area (Å²) in [5.74, 6) is -0.413. The van der Waals surface area contributed by atoms with Crippen molar-refractivity contribution in [3.05, 3.63) is 36.5 Å². The van der Waals surface area contributed by atoms with Crippen molar-refractivity contribution in [1.29, 1.82) is 0 Å². The quantitative estimate of drug-likeness (QED) is 0.0182. The first-order valence-electron chi connectivity index (χ1n) is 21.9. The van der Waals surface area contributed by atoms with Crippen LogP contribution >= 0.6 is 7.82 Å². The summed E-state index contributed by atoms with van der Waals surface area (Å²) >= 11 is 0. The van der Waals surface area contributed by atoms with E-state index in [2.05, 4.69) is 19.9 Å². The summed E-state index contributed by atoms with van der Waals surface area (Å²) in [5.41, 5.74) is 0. The molecule has 0 aromatic carbocycles. The first-order chi connectivity index (χ1) is 26.4. The van der Waals surface area contributed by atoms with E-state index in [0.717, 1.165) is 25.7 Å². The third-order valence-electron chi connectivity index (χ3n) is 9.38. The molecule has 0 amide bonds. The highest BCUT2D eigenvalue weighted by molar-refractivity contribution is 7.47. The van der Waals surface area contributed by atoms with Gasteiger partial charge in [-0.3, -0.25) is 13.8 Å². The molecular weight excluding hydrogens is 717 g/mol. The molecule has 0 aliphatic heterocycles. The molecule has 0 saturated carbocycles. The second-order valence-corrected chi connectivity index (χ2v) is 17.5. The first kappa shape index (κ1) is 53.6. The number of ether oxygens (including phenoxy) is 2. The van der Waals surface area contributed by atoms with E-state index in [0.29, 0.717) is 49.7 Å². The largest absolute Gasteiger partial charge is 0.472 e. The molecule has 4 unspecified atom stereocenters. The fraction of sp³-hybridized carbons (Fsp3) is 0.841. The van der Waals surface area contributed by atoms with E-state index in [1.165, 1.54) is 89.9 Å². The summed E-state index contributed by atoms with van der Waals surface area (Å²) in [4.78, 5) is 22.9. The topological polar surface area (TPSA) is 132 Å². The second kappa shape index (κ2) is 36.9. The lowest BCUT2D eigenvalue weighted by molar-refractivity contribution is -0.870. The van der Waals surface area contributed by atoms with Crippen molar-refractivity contribution in [1.82, 2.24) is 0 Å². The molecule has 0 bridgehead atoms. The highest BCUT2D eigenvalue weighted by Gasteiger charge is 2.26. The molecule has 0 aliphatic carbocycles. The number of aliphatic hydroxyl groups is 2. The maximum Gasteiger partial charge on any atom is 0.472 e. The standard InChI is InChI=1S/C44H84NO9P/c1-6-8-10-12-14-15-16-17-18-19-20-24-28-32-37-51-39-41(40-53-55(49,50)52-38-36-45(3,4)5)54-44(48)35-31-27-23-21-22-26-30-34-43(47)42(46)33-29-25-13-11-9-7-2/h21,23,25-26,29-30,41-43,46-47H,6-20,22,24,27-28,31-40H2,1-5H3/p+1/b23-21-,29-25+,30-26-. The summed E-state index contributed by atoms with van der Waals surface area (Å²) in [6, 6.07) is 0. The van der Waals surface area contributed by atoms with E-state index in [1.807, 2.05) is 51.5 Å². The van der Waals surface area contributed by atoms with E-state index in [9.17, 15) is 24.5 Å². The van der Waals surface area contributed by atoms with E-state index in [4.69, 9.17) is 18.5 Å². The monoisotopic (exact) mass is 803 g/mol. The van der Waals surface area contributed by atoms with Crippen LogP contribution in [0.2, 0.25) is 0 Å². The molecule has 0 radical (unpaired) electrons. The molecule has 55 heavy (non-hydrogen) atoms. The molecule has 0 rings (SSSR count). The van der Waals surface area contributed by atoms with Crippen LogP contribution in [0.4, 0.5) is 0 Å². The Bertz CT molecular complexity index is 1010. The minimum atomic E-state index is -4.31. The second-order valence-electron chi connectivity index (χ2n) is 16.0. The number of quaternary nitrogens is 1. The fourth-order valence-corrected chi connectivity index (χ4v) is 6.53. The van der Waals surface area contributed by atoms with Crippen LogP contribution in [0.15, 0.2) is 36.5 Å². The number of hydrogen-bond donors (Lipinski definition) is 3. The van der Waals surface area contributed by atoms with E-state index >= 15 is 0 Å². The normalized spacial score (nSPS) is 15.3. The van der Waals surface area contributed by atoms with Crippen LogP contribution in [0, 0.1) is 0 Å². The zero-order chi connectivity index (χ0) is 40.9. The van der Waals surface area contributed by atoms with Gasteiger partial charge in [0, 0.05) is 13.0 Å². The molecule has 0 heterocycles. The first-order valence-corrected chi connectivity index (χ1v) is 23.4. The van der Waals surface area contributed by atoms with Crippen LogP contribution in [0.25, 0.3) is 0 Å². The van der Waals surface area contributed by atoms with Crippen molar-refractivity contribution in [2.24, 2.45) is 0 Å². The van der Waals surface area contributed by atoms with Crippen molar-refractivity contribution in [2.45, 2.75) is 186 Å². The van der Waals surface area contributed by atoms with Crippen LogP contribution in [-0.4, -0.2) is 98.0 Å². The molecule has 11 heteroatoms. The maximum atomic E-state index is 12.7. The maximum absolute atomic E-state index is 12.7. The molecular formula is C44H85NO9P+. The van der Waals surface area contributed by atoms with Gasteiger partial charge in [-0.15, -0.1) is 0 Å². The Balaban J connectivity index is 4.44. The molecule has 0 aliphatic rings. The van der Waals surface area contributed by atoms with Crippen LogP contribution in [0.5, 0.6) is 0 Å². The van der Waals surface area contributed by atoms with E-state index in [1.54, 1.807) is 0 Å². The summed E-state index contributed by atoms with van der Waals surface area (Å²) in [6.07, 6.45) is 35.0. The van der Waals surface area contributed by atoms with Gasteiger partial charge in [-0.05, 0) is 51.4 Å². The lowest BCUT2D eigenvalue weighted by Gasteiger charge is -2.24. The molecule has 10 nitrogen and oxygen atoms in total. The third-order valence-corrected chi connectivity index (χ3v) is 10.4. The number of phosphoric acid groups is 1. The SMILES string of the molecule is CCCCC/C=C/CC(O)C(O)C/C=C\C/C=C\CCCC(=O)OC(COCCCCCCCCCCCCCCCC)COP(=O)(O)OCC[N+](C)(C)C. The molecule has 0 saturated heterocycles. The molecule has 4 atom stereocenters. The van der Waals surface area contributed by atoms with Crippen molar-refractivity contribution < 1.29 is 47.5 Å². The average Bonchev–Trinajstić information content (AvgIpc) is 3.13. The van der Waals surface area contributed by atoms with Crippen LogP contribution in [0.1, 0.15) is 168 Å². The average molecular weight is 803 g/mol. The number of allylic oxidation sites excluding steroid dienone is 4. The Morgan fingerprint density at radius 2 is 1.11 bits per heavy atom. The van der Waals surface area contributed by atoms with Crippen LogP contribution < -0.4 is 0 Å². The van der Waals surface area contributed by atoms with Crippen molar-refractivity contribution in [2.75, 3.05) is 54.1 Å². The van der Waals surface area contributed by atoms with Gasteiger partial charge in [0.1, 0.15) is 19.3 Å². The summed E-state index contributed by atoms with van der Waals surface area (Å²) in [5, 5.41) is 20.3. The van der Waals surface area contributed by atoms with Gasteiger partial charge in [0.2, 0.25) is 0 Å². The Morgan fingerprint density at radius 3 is 1.69 bits per heavy atom. The van der Waals surface area contributed by atoms with Gasteiger partial charge in [0.25, 0.3) is 0 Å². The van der Waals surface area contributed by atoms with Gasteiger partial charge in [0.15, 0.2) is 0 Å². The van der Waals surface area contributed by atoms with Crippen LogP contribution in [-0.2, 0) is 27.9 Å². The van der Waals surface area contributed by atoms with Gasteiger partial charge in [-0.1, -0.05) is 147 Å². The molecule has 3 N–H and O–H groups in total. The Hall–Kier alpha value is -1.36. The zero-order valence-electron chi connectivity index (χ0n) is 35.9. The molecule has 0 fully saturated rings. The Morgan fingerprint density at radius 1 is 0.618 bits per heavy atom. The number of rotatable bonds is 40. The molecule has 0 spiro atoms. The third kappa shape index (κ3) is 39.3. The number of unbranched alkanes of at least 4 members (excludes halogenated alkanes) is 17. The van der Waals surface area contributed by atoms with Crippen LogP contribution in [0.3, 0.4) is 0 Å². The van der Waals surface area contributed by atoms with Gasteiger partial charge in [-0.2, -0.15) is 0 Å². The molecule has 0 aromatic heterocycles. The summed E-state index contributed by atoms with van der Waals surface area (Å²) in [6.45, 7) is 5.33. The molecule has 0 aromatic rings. The van der Waals surface area contributed by atoms with Crippen molar-refractivity contribution >= 4 is 13.8 Å². The summed E-state index contributed by atoms with van der Waals surface area (Å²) in [7, 11) is 1.56. The lowest BCUT2D eigenvalue weighted by atomic mass is 10.0. The minimum absolute atomic E-state index is 0.0584. The number of carbonyl (C=O) groups is 1. The highest BCUT2D eigenvalue weighted by Crippen LogP contribution is 2.43. The highest BCUT2D eigenvalue weighted by atomic mass is 31.2. The number of hydrogen-bond acceptors (Lipinski definition) is 8. The Kier molecular flexibility index (Phi) is 36.0. The van der Waals surface area contributed by atoms with Crippen molar-refractivity contribution in [3.8, 4) is 0 Å². The van der Waals surface area contributed by atoms with Crippen molar-refractivity contribution in [3.63, 3.8) is 0 Å². The van der Waals surface area contributed by atoms with Gasteiger partial charge >= 0.3 is 13.8 Å². The smallest absolute Gasteiger partial charge is 0.457 e. The van der Waals surface area contributed by atoms with Gasteiger partial charge in [-0.25, -0.2) is 4.57 Å². The predicted octanol–water partition coefficient (Wildman–Crippen LogP) is 10.5. The number of phosphoric ester groups is 1. The number of aliphatic hydroxyl groups excluding tert-OH is 2. The number of nitrogens with zero attached hydrogens (tertiary/aromatic N) is 1. The summed E-state index contributed by atoms with van der Waals surface area (Å²) < 4.78 is 34.8. The van der Waals surface area contributed by atoms with Gasteiger partial charge in [0.05, 0.1) is 46.6 Å². The lowest BCUT2D eigenvalue weighted by Crippen LogP contribution is -2.37. The number of carbonyl (C=O) groups excluding carboxylic acids is 1. The Labute approximate surface area is 337 Å². The molecule has 324 valence electrons. The number of esters is 1. The van der Waals surface area contributed by atoms with Gasteiger partial charge < -0.3 is 29.1 Å². The zero-order valence-corrected chi connectivity index (χ0v) is 36.8. The predicted molar refractivity (Wildman–Crippen MR) is 227 cm³/mol.